The normalized spacial score (nSPS) is 15.0. The van der Waals surface area contributed by atoms with Crippen LogP contribution in [0.5, 0.6) is 0 Å². The van der Waals surface area contributed by atoms with Crippen molar-refractivity contribution in [3.8, 4) is 0 Å². The van der Waals surface area contributed by atoms with Gasteiger partial charge in [-0.05, 0) is 0 Å². The van der Waals surface area contributed by atoms with Gasteiger partial charge in [0.05, 0.1) is 0 Å². The van der Waals surface area contributed by atoms with E-state index in [-0.39, 0.29) is 6.10 Å². The van der Waals surface area contributed by atoms with Crippen molar-refractivity contribution < 1.29 is 5.11 Å². The quantitative estimate of drug-likeness (QED) is 0.190. The van der Waals surface area contributed by atoms with E-state index in [0.29, 0.717) is 0 Å². The second kappa shape index (κ2) is 16.0. The molecule has 1 nitrogen and oxygen atoms in total. The Morgan fingerprint density at radius 3 is 1.77 bits per heavy atom. The van der Waals surface area contributed by atoms with E-state index in [9.17, 15) is 5.11 Å². The summed E-state index contributed by atoms with van der Waals surface area (Å²) < 4.78 is 7.36. The molecule has 1 N–H and O–H groups in total. The molecular formula is C24H46OSn. The Morgan fingerprint density at radius 1 is 0.846 bits per heavy atom. The molecule has 0 amide bonds. The van der Waals surface area contributed by atoms with Gasteiger partial charge in [0.2, 0.25) is 0 Å². The van der Waals surface area contributed by atoms with Crippen molar-refractivity contribution in [3.05, 3.63) is 33.5 Å². The van der Waals surface area contributed by atoms with Crippen molar-refractivity contribution >= 4 is 18.4 Å². The van der Waals surface area contributed by atoms with Crippen LogP contribution in [0.25, 0.3) is 0 Å². The fourth-order valence-electron chi connectivity index (χ4n) is 3.67. The van der Waals surface area contributed by atoms with Crippen molar-refractivity contribution in [2.24, 2.45) is 0 Å². The van der Waals surface area contributed by atoms with Crippen LogP contribution in [0.15, 0.2) is 33.5 Å². The summed E-state index contributed by atoms with van der Waals surface area (Å²) in [7, 11) is 0. The first-order valence-electron chi connectivity index (χ1n) is 11.2. The molecule has 0 saturated heterocycles. The molecule has 0 spiro atoms. The van der Waals surface area contributed by atoms with Gasteiger partial charge in [0.1, 0.15) is 0 Å². The zero-order valence-corrected chi connectivity index (χ0v) is 21.5. The minimum absolute atomic E-state index is 0.286. The molecular weight excluding hydrogens is 423 g/mol. The second-order valence-electron chi connectivity index (χ2n) is 8.14. The third-order valence-electron chi connectivity index (χ3n) is 5.42. The predicted octanol–water partition coefficient (Wildman–Crippen LogP) is 7.98. The van der Waals surface area contributed by atoms with E-state index in [0.717, 1.165) is 18.4 Å². The number of unbranched alkanes of at least 4 members (excludes halogenated alkanes) is 3. The number of rotatable bonds is 15. The van der Waals surface area contributed by atoms with Crippen LogP contribution in [0.2, 0.25) is 13.3 Å². The van der Waals surface area contributed by atoms with Crippen molar-refractivity contribution in [2.75, 3.05) is 0 Å². The molecule has 2 heteroatoms. The summed E-state index contributed by atoms with van der Waals surface area (Å²) in [6, 6.07) is 0. The number of aliphatic hydroxyl groups excluding tert-OH is 1. The average molecular weight is 469 g/mol. The molecule has 26 heavy (non-hydrogen) atoms. The first-order chi connectivity index (χ1) is 12.4. The van der Waals surface area contributed by atoms with Gasteiger partial charge in [-0.1, -0.05) is 0 Å². The van der Waals surface area contributed by atoms with Gasteiger partial charge in [-0.25, -0.2) is 0 Å². The molecule has 0 radical (unpaired) electrons. The Kier molecular flexibility index (Phi) is 16.0. The second-order valence-corrected chi connectivity index (χ2v) is 21.0. The van der Waals surface area contributed by atoms with Gasteiger partial charge in [0.25, 0.3) is 0 Å². The Hall–Kier alpha value is -0.0213. The molecule has 0 heterocycles. The van der Waals surface area contributed by atoms with Crippen LogP contribution in [0, 0.1) is 0 Å². The van der Waals surface area contributed by atoms with Crippen LogP contribution in [-0.2, 0) is 0 Å². The topological polar surface area (TPSA) is 20.2 Å². The van der Waals surface area contributed by atoms with E-state index in [2.05, 4.69) is 56.9 Å². The molecule has 0 rings (SSSR count). The van der Waals surface area contributed by atoms with E-state index < -0.39 is 18.4 Å². The summed E-state index contributed by atoms with van der Waals surface area (Å²) in [5.41, 5.74) is 2.53. The van der Waals surface area contributed by atoms with E-state index >= 15 is 0 Å². The molecule has 0 fully saturated rings. The van der Waals surface area contributed by atoms with E-state index in [1.807, 2.05) is 6.92 Å². The van der Waals surface area contributed by atoms with Gasteiger partial charge in [-0.2, -0.15) is 0 Å². The fourth-order valence-corrected chi connectivity index (χ4v) is 19.1. The van der Waals surface area contributed by atoms with Gasteiger partial charge in [-0.3, -0.25) is 0 Å². The molecule has 0 aliphatic carbocycles. The third-order valence-corrected chi connectivity index (χ3v) is 20.0. The summed E-state index contributed by atoms with van der Waals surface area (Å²) in [6.07, 6.45) is 16.4. The molecule has 0 bridgehead atoms. The minimum atomic E-state index is -2.18. The predicted molar refractivity (Wildman–Crippen MR) is 122 cm³/mol. The summed E-state index contributed by atoms with van der Waals surface area (Å²) in [4.78, 5) is 0. The molecule has 1 unspecified atom stereocenters. The Bertz CT molecular complexity index is 412. The van der Waals surface area contributed by atoms with Crippen molar-refractivity contribution in [1.82, 2.24) is 0 Å². The molecule has 0 aromatic heterocycles. The maximum atomic E-state index is 10.1. The Labute approximate surface area is 168 Å². The monoisotopic (exact) mass is 470 g/mol. The Balaban J connectivity index is 5.25. The van der Waals surface area contributed by atoms with Crippen LogP contribution in [-0.4, -0.2) is 29.6 Å². The average Bonchev–Trinajstić information content (AvgIpc) is 2.62. The standard InChI is InChI=1S/C12H19O.3C4H9.Sn/c1-5-7-12(13)11(4)9-6-8-10(2)3;3*1-3-4-2;/h2,6,8-9,12-13H,5,7H2,1,3-4H3;3*1,3-4H2,2H3;/b8-6+,10-2?,11-9+;;;;. The summed E-state index contributed by atoms with van der Waals surface area (Å²) >= 11 is -2.18. The maximum absolute atomic E-state index is 10.1. The first-order valence-corrected chi connectivity index (χ1v) is 18.9. The molecule has 0 aliphatic heterocycles. The van der Waals surface area contributed by atoms with Crippen molar-refractivity contribution in [1.29, 1.82) is 0 Å². The van der Waals surface area contributed by atoms with Gasteiger partial charge in [0.15, 0.2) is 0 Å². The number of allylic oxidation sites excluding steroid dienone is 4. The van der Waals surface area contributed by atoms with Gasteiger partial charge < -0.3 is 0 Å². The zero-order valence-electron chi connectivity index (χ0n) is 18.6. The van der Waals surface area contributed by atoms with Crippen molar-refractivity contribution in [2.45, 2.75) is 112 Å². The molecule has 0 aromatic rings. The zero-order chi connectivity index (χ0) is 19.8. The van der Waals surface area contributed by atoms with Crippen LogP contribution >= 0.6 is 0 Å². The van der Waals surface area contributed by atoms with Crippen molar-refractivity contribution in [3.63, 3.8) is 0 Å². The number of aliphatic hydroxyl groups is 1. The van der Waals surface area contributed by atoms with Gasteiger partial charge >= 0.3 is 169 Å². The molecule has 0 saturated carbocycles. The van der Waals surface area contributed by atoms with Crippen LogP contribution < -0.4 is 0 Å². The molecule has 152 valence electrons. The first kappa shape index (κ1) is 26.0. The summed E-state index contributed by atoms with van der Waals surface area (Å²) in [6.45, 7) is 13.5. The number of hydrogen-bond acceptors (Lipinski definition) is 1. The van der Waals surface area contributed by atoms with Crippen LogP contribution in [0.1, 0.15) is 92.9 Å². The third kappa shape index (κ3) is 11.6. The van der Waals surface area contributed by atoms with Gasteiger partial charge in [0, 0.05) is 0 Å². The van der Waals surface area contributed by atoms with E-state index in [1.54, 1.807) is 0 Å². The number of hydrogen-bond donors (Lipinski definition) is 1. The summed E-state index contributed by atoms with van der Waals surface area (Å²) in [5.74, 6) is 0. The van der Waals surface area contributed by atoms with E-state index in [1.165, 1.54) is 57.4 Å². The molecule has 0 aromatic carbocycles. The molecule has 1 atom stereocenters. The van der Waals surface area contributed by atoms with Crippen LogP contribution in [0.4, 0.5) is 0 Å². The Morgan fingerprint density at radius 2 is 1.35 bits per heavy atom. The van der Waals surface area contributed by atoms with Gasteiger partial charge in [-0.15, -0.1) is 0 Å². The van der Waals surface area contributed by atoms with E-state index in [4.69, 9.17) is 0 Å². The summed E-state index contributed by atoms with van der Waals surface area (Å²) in [5, 5.41) is 10.1. The van der Waals surface area contributed by atoms with Crippen LogP contribution in [0.3, 0.4) is 0 Å². The SMILES string of the molecule is CCC[CH2][Sn](/[CH]=C(C)/C=C/C=C(\C)C(O)CCC)([CH2]CCC)[CH2]CCC. The fraction of sp³-hybridized carbons (Fsp3) is 0.750. The molecule has 0 aliphatic rings.